The van der Waals surface area contributed by atoms with Gasteiger partial charge in [-0.3, -0.25) is 0 Å². The van der Waals surface area contributed by atoms with Gasteiger partial charge < -0.3 is 28.8 Å². The molecule has 9 heteroatoms. The van der Waals surface area contributed by atoms with Crippen molar-refractivity contribution in [1.29, 1.82) is 0 Å². The van der Waals surface area contributed by atoms with Crippen LogP contribution in [0.2, 0.25) is 0 Å². The summed E-state index contributed by atoms with van der Waals surface area (Å²) in [5.74, 6) is -0.566. The van der Waals surface area contributed by atoms with Crippen molar-refractivity contribution in [3.63, 3.8) is 0 Å². The van der Waals surface area contributed by atoms with Gasteiger partial charge in [0.15, 0.2) is 0 Å². The average Bonchev–Trinajstić information content (AvgIpc) is 3.00. The van der Waals surface area contributed by atoms with Crippen LogP contribution in [0, 0.1) is 5.41 Å². The number of hydrogen-bond acceptors (Lipinski definition) is 9. The smallest absolute Gasteiger partial charge is 0.338 e. The number of ether oxygens (including phenoxy) is 5. The number of methoxy groups -OCH3 is 2. The van der Waals surface area contributed by atoms with E-state index < -0.39 is 23.3 Å². The molecule has 0 aliphatic rings. The molecule has 3 aromatic carbocycles. The molecular formula is C30H32O9. The van der Waals surface area contributed by atoms with Crippen molar-refractivity contribution in [3.05, 3.63) is 95.1 Å². The van der Waals surface area contributed by atoms with E-state index in [0.717, 1.165) is 0 Å². The Labute approximate surface area is 227 Å². The Balaban J connectivity index is 1.73. The molecule has 0 spiro atoms. The van der Waals surface area contributed by atoms with E-state index in [4.69, 9.17) is 23.7 Å². The van der Waals surface area contributed by atoms with Gasteiger partial charge in [-0.05, 0) is 72.6 Å². The molecule has 0 bridgehead atoms. The fourth-order valence-electron chi connectivity index (χ4n) is 3.54. The van der Waals surface area contributed by atoms with Gasteiger partial charge in [0.1, 0.15) is 31.3 Å². The summed E-state index contributed by atoms with van der Waals surface area (Å²) in [5, 5.41) is 9.22. The maximum absolute atomic E-state index is 12.7. The lowest BCUT2D eigenvalue weighted by Gasteiger charge is -2.31. The summed E-state index contributed by atoms with van der Waals surface area (Å²) in [4.78, 5) is 38.2. The standard InChI is InChI=1S/C30H32O9/c1-4-30(18-37-27(32)22-7-5-21(17-31)6-8-22,19-38-28(33)23-9-13-25(35-2)14-10-23)20-39-29(34)24-11-15-26(36-3)16-12-24/h5-16,31H,4,17-20H2,1-3H3. The van der Waals surface area contributed by atoms with Crippen LogP contribution in [0.1, 0.15) is 50.0 Å². The first-order chi connectivity index (χ1) is 18.8. The highest BCUT2D eigenvalue weighted by molar-refractivity contribution is 5.90. The van der Waals surface area contributed by atoms with Crippen LogP contribution in [0.3, 0.4) is 0 Å². The van der Waals surface area contributed by atoms with Crippen LogP contribution in [0.5, 0.6) is 11.5 Å². The highest BCUT2D eigenvalue weighted by atomic mass is 16.6. The zero-order valence-electron chi connectivity index (χ0n) is 22.2. The van der Waals surface area contributed by atoms with E-state index in [0.29, 0.717) is 40.2 Å². The second-order valence-electron chi connectivity index (χ2n) is 8.89. The Hall–Kier alpha value is -4.37. The molecule has 206 valence electrons. The summed E-state index contributed by atoms with van der Waals surface area (Å²) in [7, 11) is 3.05. The molecule has 0 unspecified atom stereocenters. The van der Waals surface area contributed by atoms with Crippen molar-refractivity contribution in [2.24, 2.45) is 5.41 Å². The molecule has 0 heterocycles. The van der Waals surface area contributed by atoms with Crippen molar-refractivity contribution in [2.75, 3.05) is 34.0 Å². The van der Waals surface area contributed by atoms with Crippen LogP contribution in [-0.2, 0) is 20.8 Å². The van der Waals surface area contributed by atoms with Crippen molar-refractivity contribution in [1.82, 2.24) is 0 Å². The number of carbonyl (C=O) groups excluding carboxylic acids is 3. The van der Waals surface area contributed by atoms with Gasteiger partial charge in [-0.2, -0.15) is 0 Å². The van der Waals surface area contributed by atoms with Gasteiger partial charge in [0, 0.05) is 0 Å². The minimum absolute atomic E-state index is 0.145. The molecule has 0 amide bonds. The Morgan fingerprint density at radius 1 is 0.615 bits per heavy atom. The molecule has 3 aromatic rings. The van der Waals surface area contributed by atoms with Gasteiger partial charge in [-0.25, -0.2) is 14.4 Å². The lowest BCUT2D eigenvalue weighted by atomic mass is 9.88. The SMILES string of the molecule is CCC(COC(=O)c1ccc(CO)cc1)(COC(=O)c1ccc(OC)cc1)COC(=O)c1ccc(OC)cc1. The average molecular weight is 537 g/mol. The Bertz CT molecular complexity index is 1080. The molecule has 0 saturated carbocycles. The van der Waals surface area contributed by atoms with Gasteiger partial charge in [0.2, 0.25) is 0 Å². The Morgan fingerprint density at radius 2 is 0.949 bits per heavy atom. The molecule has 39 heavy (non-hydrogen) atoms. The number of aliphatic hydroxyl groups is 1. The minimum Gasteiger partial charge on any atom is -0.497 e. The highest BCUT2D eigenvalue weighted by Gasteiger charge is 2.35. The van der Waals surface area contributed by atoms with E-state index in [1.807, 2.05) is 6.92 Å². The van der Waals surface area contributed by atoms with Gasteiger partial charge in [0.25, 0.3) is 0 Å². The molecular weight excluding hydrogens is 504 g/mol. The maximum atomic E-state index is 12.7. The van der Waals surface area contributed by atoms with E-state index >= 15 is 0 Å². The van der Waals surface area contributed by atoms with Gasteiger partial charge in [-0.15, -0.1) is 0 Å². The lowest BCUT2D eigenvalue weighted by Crippen LogP contribution is -2.39. The van der Waals surface area contributed by atoms with Crippen molar-refractivity contribution < 1.29 is 43.2 Å². The second kappa shape index (κ2) is 14.0. The van der Waals surface area contributed by atoms with E-state index in [1.54, 1.807) is 72.8 Å². The number of carbonyl (C=O) groups is 3. The molecule has 0 aliphatic heterocycles. The van der Waals surface area contributed by atoms with Crippen LogP contribution in [0.15, 0.2) is 72.8 Å². The fraction of sp³-hybridized carbons (Fsp3) is 0.300. The molecule has 9 nitrogen and oxygen atoms in total. The van der Waals surface area contributed by atoms with Crippen LogP contribution in [0.4, 0.5) is 0 Å². The summed E-state index contributed by atoms with van der Waals surface area (Å²) < 4.78 is 27.0. The van der Waals surface area contributed by atoms with Crippen LogP contribution >= 0.6 is 0 Å². The summed E-state index contributed by atoms with van der Waals surface area (Å²) in [6.07, 6.45) is 0.371. The monoisotopic (exact) mass is 536 g/mol. The first-order valence-electron chi connectivity index (χ1n) is 12.3. The molecule has 0 radical (unpaired) electrons. The Morgan fingerprint density at radius 3 is 1.23 bits per heavy atom. The number of hydrogen-bond donors (Lipinski definition) is 1. The van der Waals surface area contributed by atoms with Gasteiger partial charge in [-0.1, -0.05) is 19.1 Å². The zero-order chi connectivity index (χ0) is 28.3. The molecule has 0 saturated heterocycles. The van der Waals surface area contributed by atoms with Crippen LogP contribution < -0.4 is 9.47 Å². The molecule has 0 aromatic heterocycles. The second-order valence-corrected chi connectivity index (χ2v) is 8.89. The largest absolute Gasteiger partial charge is 0.497 e. The molecule has 1 N–H and O–H groups in total. The van der Waals surface area contributed by atoms with E-state index in [9.17, 15) is 19.5 Å². The third kappa shape index (κ3) is 8.05. The fourth-order valence-corrected chi connectivity index (χ4v) is 3.54. The third-order valence-corrected chi connectivity index (χ3v) is 6.30. The first-order valence-corrected chi connectivity index (χ1v) is 12.3. The minimum atomic E-state index is -1.01. The number of esters is 3. The van der Waals surface area contributed by atoms with E-state index in [-0.39, 0.29) is 26.4 Å². The predicted octanol–water partition coefficient (Wildman–Crippen LogP) is 4.46. The Kier molecular flexibility index (Phi) is 10.5. The summed E-state index contributed by atoms with van der Waals surface area (Å²) in [6.45, 7) is 1.18. The number of rotatable bonds is 13. The third-order valence-electron chi connectivity index (χ3n) is 6.30. The quantitative estimate of drug-likeness (QED) is 0.249. The van der Waals surface area contributed by atoms with Gasteiger partial charge >= 0.3 is 17.9 Å². The first kappa shape index (κ1) is 29.2. The van der Waals surface area contributed by atoms with Crippen molar-refractivity contribution >= 4 is 17.9 Å². The lowest BCUT2D eigenvalue weighted by molar-refractivity contribution is -0.0381. The number of aliphatic hydroxyl groups excluding tert-OH is 1. The predicted molar refractivity (Wildman–Crippen MR) is 142 cm³/mol. The highest BCUT2D eigenvalue weighted by Crippen LogP contribution is 2.26. The van der Waals surface area contributed by atoms with E-state index in [2.05, 4.69) is 0 Å². The summed E-state index contributed by atoms with van der Waals surface area (Å²) in [5.41, 5.74) is 0.576. The van der Waals surface area contributed by atoms with Crippen molar-refractivity contribution in [3.8, 4) is 11.5 Å². The summed E-state index contributed by atoms with van der Waals surface area (Å²) >= 11 is 0. The van der Waals surface area contributed by atoms with Crippen LogP contribution in [-0.4, -0.2) is 57.1 Å². The molecule has 0 fully saturated rings. The molecule has 0 atom stereocenters. The van der Waals surface area contributed by atoms with Crippen molar-refractivity contribution in [2.45, 2.75) is 20.0 Å². The molecule has 3 rings (SSSR count). The molecule has 0 aliphatic carbocycles. The number of benzene rings is 3. The van der Waals surface area contributed by atoms with Crippen LogP contribution in [0.25, 0.3) is 0 Å². The maximum Gasteiger partial charge on any atom is 0.338 e. The normalized spacial score (nSPS) is 10.9. The van der Waals surface area contributed by atoms with Gasteiger partial charge in [0.05, 0.1) is 42.9 Å². The topological polar surface area (TPSA) is 118 Å². The summed E-state index contributed by atoms with van der Waals surface area (Å²) in [6, 6.07) is 19.2. The zero-order valence-corrected chi connectivity index (χ0v) is 22.2. The van der Waals surface area contributed by atoms with E-state index in [1.165, 1.54) is 14.2 Å².